The molecular weight excluding hydrogens is 328 g/mol. The summed E-state index contributed by atoms with van der Waals surface area (Å²) in [5, 5.41) is 0.692. The van der Waals surface area contributed by atoms with Crippen molar-refractivity contribution < 1.29 is 13.9 Å². The first-order valence-corrected chi connectivity index (χ1v) is 8.85. The molecule has 128 valence electrons. The minimum Gasteiger partial charge on any atom is -0.439 e. The maximum atomic E-state index is 6.05. The fourth-order valence-corrected chi connectivity index (χ4v) is 3.64. The summed E-state index contributed by atoms with van der Waals surface area (Å²) in [6.07, 6.45) is 5.14. The van der Waals surface area contributed by atoms with Crippen molar-refractivity contribution in [1.29, 1.82) is 0 Å². The van der Waals surface area contributed by atoms with E-state index in [9.17, 15) is 0 Å². The van der Waals surface area contributed by atoms with Gasteiger partial charge in [0.1, 0.15) is 0 Å². The van der Waals surface area contributed by atoms with Crippen LogP contribution in [0.4, 0.5) is 0 Å². The molecule has 3 heterocycles. The number of oxazole rings is 1. The van der Waals surface area contributed by atoms with Crippen molar-refractivity contribution in [2.45, 2.75) is 38.1 Å². The Bertz CT molecular complexity index is 684. The van der Waals surface area contributed by atoms with Gasteiger partial charge in [-0.1, -0.05) is 30.2 Å². The summed E-state index contributed by atoms with van der Waals surface area (Å²) < 4.78 is 17.4. The van der Waals surface area contributed by atoms with E-state index in [4.69, 9.17) is 25.5 Å². The molecule has 0 N–H and O–H groups in total. The highest BCUT2D eigenvalue weighted by Gasteiger charge is 2.34. The van der Waals surface area contributed by atoms with Crippen molar-refractivity contribution in [3.8, 4) is 11.3 Å². The van der Waals surface area contributed by atoms with Crippen molar-refractivity contribution >= 4 is 11.6 Å². The molecule has 2 aliphatic heterocycles. The largest absolute Gasteiger partial charge is 0.439 e. The molecule has 1 aromatic heterocycles. The van der Waals surface area contributed by atoms with E-state index >= 15 is 0 Å². The van der Waals surface area contributed by atoms with Crippen LogP contribution in [0.3, 0.4) is 0 Å². The van der Waals surface area contributed by atoms with Gasteiger partial charge in [-0.2, -0.15) is 0 Å². The predicted molar refractivity (Wildman–Crippen MR) is 90.7 cm³/mol. The van der Waals surface area contributed by atoms with Gasteiger partial charge in [0.25, 0.3) is 0 Å². The number of hydrogen-bond acceptors (Lipinski definition) is 5. The van der Waals surface area contributed by atoms with E-state index < -0.39 is 0 Å². The lowest BCUT2D eigenvalue weighted by Gasteiger charge is -2.37. The summed E-state index contributed by atoms with van der Waals surface area (Å²) in [5.74, 6) is 1.46. The molecule has 2 aromatic rings. The standard InChI is InChI=1S/C18H21ClN2O3/c19-14-5-3-4-13(10-14)16-11-20-17(24-16)12-21-7-2-1-6-15(21)18-22-8-9-23-18/h3-5,10-11,15,18H,1-2,6-9,12H2. The first-order valence-electron chi connectivity index (χ1n) is 8.47. The minimum absolute atomic E-state index is 0.118. The summed E-state index contributed by atoms with van der Waals surface area (Å²) >= 11 is 6.05. The van der Waals surface area contributed by atoms with Crippen LogP contribution in [0.1, 0.15) is 25.2 Å². The number of hydrogen-bond donors (Lipinski definition) is 0. The third kappa shape index (κ3) is 3.49. The SMILES string of the molecule is Clc1cccc(-c2cnc(CN3CCCCC3C3OCCO3)o2)c1. The van der Waals surface area contributed by atoms with Crippen LogP contribution in [-0.2, 0) is 16.0 Å². The molecule has 5 nitrogen and oxygen atoms in total. The monoisotopic (exact) mass is 348 g/mol. The molecule has 0 radical (unpaired) electrons. The Labute approximate surface area is 146 Å². The Kier molecular flexibility index (Phi) is 4.85. The molecule has 6 heteroatoms. The molecule has 0 aliphatic carbocycles. The van der Waals surface area contributed by atoms with Crippen molar-refractivity contribution in [2.24, 2.45) is 0 Å². The average Bonchev–Trinajstić information content (AvgIpc) is 3.27. The molecule has 2 aliphatic rings. The molecule has 0 amide bonds. The van der Waals surface area contributed by atoms with Crippen LogP contribution in [0.2, 0.25) is 5.02 Å². The zero-order chi connectivity index (χ0) is 16.4. The van der Waals surface area contributed by atoms with Gasteiger partial charge in [-0.25, -0.2) is 4.98 Å². The number of rotatable bonds is 4. The van der Waals surface area contributed by atoms with E-state index in [-0.39, 0.29) is 12.3 Å². The first-order chi connectivity index (χ1) is 11.8. The van der Waals surface area contributed by atoms with Crippen LogP contribution < -0.4 is 0 Å². The van der Waals surface area contributed by atoms with Crippen molar-refractivity contribution in [2.75, 3.05) is 19.8 Å². The van der Waals surface area contributed by atoms with E-state index in [1.54, 1.807) is 6.20 Å². The maximum absolute atomic E-state index is 6.05. The Balaban J connectivity index is 1.48. The summed E-state index contributed by atoms with van der Waals surface area (Å²) in [5.41, 5.74) is 0.943. The second kappa shape index (κ2) is 7.23. The molecule has 1 unspecified atom stereocenters. The average molecular weight is 349 g/mol. The second-order valence-electron chi connectivity index (χ2n) is 6.27. The number of piperidine rings is 1. The maximum Gasteiger partial charge on any atom is 0.209 e. The number of likely N-dealkylation sites (tertiary alicyclic amines) is 1. The number of benzene rings is 1. The van der Waals surface area contributed by atoms with Gasteiger partial charge in [-0.15, -0.1) is 0 Å². The van der Waals surface area contributed by atoms with Gasteiger partial charge in [-0.05, 0) is 31.5 Å². The smallest absolute Gasteiger partial charge is 0.209 e. The van der Waals surface area contributed by atoms with E-state index in [1.807, 2.05) is 24.3 Å². The quantitative estimate of drug-likeness (QED) is 0.842. The highest BCUT2D eigenvalue weighted by Crippen LogP contribution is 2.28. The first kappa shape index (κ1) is 16.1. The van der Waals surface area contributed by atoms with Crippen LogP contribution in [0, 0.1) is 0 Å². The topological polar surface area (TPSA) is 47.7 Å². The number of ether oxygens (including phenoxy) is 2. The molecule has 1 aromatic carbocycles. The molecule has 0 saturated carbocycles. The lowest BCUT2D eigenvalue weighted by molar-refractivity contribution is -0.112. The summed E-state index contributed by atoms with van der Waals surface area (Å²) in [7, 11) is 0. The zero-order valence-electron chi connectivity index (χ0n) is 13.5. The lowest BCUT2D eigenvalue weighted by Crippen LogP contribution is -2.46. The molecule has 4 rings (SSSR count). The highest BCUT2D eigenvalue weighted by molar-refractivity contribution is 6.30. The van der Waals surface area contributed by atoms with Crippen molar-refractivity contribution in [1.82, 2.24) is 9.88 Å². The van der Waals surface area contributed by atoms with E-state index in [0.717, 1.165) is 30.2 Å². The Hall–Kier alpha value is -1.40. The van der Waals surface area contributed by atoms with Crippen molar-refractivity contribution in [3.05, 3.63) is 41.4 Å². The summed E-state index contributed by atoms with van der Waals surface area (Å²) in [4.78, 5) is 6.81. The summed E-state index contributed by atoms with van der Waals surface area (Å²) in [6, 6.07) is 7.90. The minimum atomic E-state index is -0.118. The molecule has 2 fully saturated rings. The van der Waals surface area contributed by atoms with E-state index in [0.29, 0.717) is 24.8 Å². The van der Waals surface area contributed by atoms with Gasteiger partial charge < -0.3 is 13.9 Å². The van der Waals surface area contributed by atoms with Gasteiger partial charge in [0, 0.05) is 10.6 Å². The predicted octanol–water partition coefficient (Wildman–Crippen LogP) is 3.72. The fraction of sp³-hybridized carbons (Fsp3) is 0.500. The van der Waals surface area contributed by atoms with E-state index in [1.165, 1.54) is 12.8 Å². The fourth-order valence-electron chi connectivity index (χ4n) is 3.45. The molecule has 0 bridgehead atoms. The second-order valence-corrected chi connectivity index (χ2v) is 6.71. The molecule has 1 atom stereocenters. The highest BCUT2D eigenvalue weighted by atomic mass is 35.5. The van der Waals surface area contributed by atoms with Crippen LogP contribution in [0.15, 0.2) is 34.9 Å². The van der Waals surface area contributed by atoms with Gasteiger partial charge >= 0.3 is 0 Å². The van der Waals surface area contributed by atoms with Gasteiger partial charge in [0.15, 0.2) is 12.1 Å². The van der Waals surface area contributed by atoms with E-state index in [2.05, 4.69) is 9.88 Å². The number of nitrogens with zero attached hydrogens (tertiary/aromatic N) is 2. The zero-order valence-corrected chi connectivity index (χ0v) is 14.2. The van der Waals surface area contributed by atoms with Crippen LogP contribution in [0.5, 0.6) is 0 Å². The molecular formula is C18H21ClN2O3. The normalized spacial score (nSPS) is 23.0. The van der Waals surface area contributed by atoms with Crippen LogP contribution >= 0.6 is 11.6 Å². The van der Waals surface area contributed by atoms with Gasteiger partial charge in [-0.3, -0.25) is 4.90 Å². The molecule has 2 saturated heterocycles. The van der Waals surface area contributed by atoms with Crippen molar-refractivity contribution in [3.63, 3.8) is 0 Å². The third-order valence-corrected chi connectivity index (χ3v) is 4.86. The van der Waals surface area contributed by atoms with Gasteiger partial charge in [0.2, 0.25) is 5.89 Å². The number of halogens is 1. The number of aromatic nitrogens is 1. The van der Waals surface area contributed by atoms with Gasteiger partial charge in [0.05, 0.1) is 32.0 Å². The molecule has 24 heavy (non-hydrogen) atoms. The lowest BCUT2D eigenvalue weighted by atomic mass is 10.0. The summed E-state index contributed by atoms with van der Waals surface area (Å²) in [6.45, 7) is 3.07. The van der Waals surface area contributed by atoms with Crippen LogP contribution in [-0.4, -0.2) is 42.0 Å². The van der Waals surface area contributed by atoms with Crippen LogP contribution in [0.25, 0.3) is 11.3 Å². The molecule has 0 spiro atoms. The third-order valence-electron chi connectivity index (χ3n) is 4.63. The Morgan fingerprint density at radius 1 is 1.21 bits per heavy atom. The Morgan fingerprint density at radius 2 is 2.08 bits per heavy atom. The Morgan fingerprint density at radius 3 is 2.92 bits per heavy atom.